The first-order valence-electron chi connectivity index (χ1n) is 8.93. The van der Waals surface area contributed by atoms with Crippen molar-refractivity contribution in [2.45, 2.75) is 32.7 Å². The zero-order valence-corrected chi connectivity index (χ0v) is 15.7. The van der Waals surface area contributed by atoms with Gasteiger partial charge in [-0.2, -0.15) is 0 Å². The van der Waals surface area contributed by atoms with E-state index < -0.39 is 0 Å². The van der Waals surface area contributed by atoms with Crippen LogP contribution in [-0.4, -0.2) is 26.2 Å². The molecule has 0 heterocycles. The maximum Gasteiger partial charge on any atom is 0.224 e. The highest BCUT2D eigenvalue weighted by Gasteiger charge is 2.14. The van der Waals surface area contributed by atoms with Gasteiger partial charge in [0.2, 0.25) is 5.91 Å². The van der Waals surface area contributed by atoms with E-state index in [1.54, 1.807) is 7.11 Å². The molecule has 1 unspecified atom stereocenters. The number of hydrogen-bond donors (Lipinski definition) is 2. The van der Waals surface area contributed by atoms with E-state index in [1.807, 2.05) is 30.3 Å². The summed E-state index contributed by atoms with van der Waals surface area (Å²) < 4.78 is 10.9. The lowest BCUT2D eigenvalue weighted by Crippen LogP contribution is -2.29. The van der Waals surface area contributed by atoms with Crippen molar-refractivity contribution in [1.29, 1.82) is 0 Å². The summed E-state index contributed by atoms with van der Waals surface area (Å²) in [4.78, 5) is 12.5. The molecular weight excluding hydrogens is 328 g/mol. The Morgan fingerprint density at radius 2 is 2.00 bits per heavy atom. The van der Waals surface area contributed by atoms with Crippen LogP contribution in [0.2, 0.25) is 0 Å². The van der Waals surface area contributed by atoms with Gasteiger partial charge in [0.15, 0.2) is 11.5 Å². The summed E-state index contributed by atoms with van der Waals surface area (Å²) in [6, 6.07) is 13.8. The van der Waals surface area contributed by atoms with Crippen LogP contribution in [0.25, 0.3) is 0 Å². The minimum Gasteiger partial charge on any atom is -0.493 e. The number of methoxy groups -OCH3 is 1. The van der Waals surface area contributed by atoms with Crippen LogP contribution in [0.1, 0.15) is 36.1 Å². The monoisotopic (exact) mass is 356 g/mol. The zero-order valence-electron chi connectivity index (χ0n) is 15.7. The van der Waals surface area contributed by atoms with Crippen LogP contribution >= 0.6 is 0 Å². The van der Waals surface area contributed by atoms with E-state index >= 15 is 0 Å². The van der Waals surface area contributed by atoms with Gasteiger partial charge in [0, 0.05) is 6.54 Å². The standard InChI is InChI=1S/C21H28N2O3/c1-4-18(17-7-5-6-15(2)12-17)23-21(24)14-16-8-9-19(26-11-10-22)20(13-16)25-3/h5-9,12-13,18H,4,10-11,14,22H2,1-3H3,(H,23,24). The zero-order chi connectivity index (χ0) is 18.9. The number of benzene rings is 2. The van der Waals surface area contributed by atoms with Gasteiger partial charge in [-0.1, -0.05) is 42.8 Å². The molecule has 26 heavy (non-hydrogen) atoms. The van der Waals surface area contributed by atoms with E-state index in [1.165, 1.54) is 5.56 Å². The van der Waals surface area contributed by atoms with Crippen molar-refractivity contribution >= 4 is 5.91 Å². The topological polar surface area (TPSA) is 73.6 Å². The molecule has 1 atom stereocenters. The minimum atomic E-state index is -0.0176. The molecule has 0 bridgehead atoms. The predicted molar refractivity (Wildman–Crippen MR) is 104 cm³/mol. The molecule has 5 heteroatoms. The predicted octanol–water partition coefficient (Wildman–Crippen LogP) is 3.15. The van der Waals surface area contributed by atoms with Crippen LogP contribution in [0.5, 0.6) is 11.5 Å². The fourth-order valence-electron chi connectivity index (χ4n) is 2.85. The van der Waals surface area contributed by atoms with Crippen molar-refractivity contribution in [2.75, 3.05) is 20.3 Å². The molecule has 1 amide bonds. The fraction of sp³-hybridized carbons (Fsp3) is 0.381. The average Bonchev–Trinajstić information content (AvgIpc) is 2.64. The molecule has 0 saturated carbocycles. The van der Waals surface area contributed by atoms with Gasteiger partial charge < -0.3 is 20.5 Å². The molecule has 5 nitrogen and oxygen atoms in total. The Labute approximate surface area is 155 Å². The number of nitrogens with one attached hydrogen (secondary N) is 1. The first-order chi connectivity index (χ1) is 12.6. The Hall–Kier alpha value is -2.53. The molecule has 0 spiro atoms. The van der Waals surface area contributed by atoms with E-state index in [9.17, 15) is 4.79 Å². The van der Waals surface area contributed by atoms with E-state index in [0.29, 0.717) is 24.7 Å². The van der Waals surface area contributed by atoms with Crippen molar-refractivity contribution in [3.63, 3.8) is 0 Å². The molecule has 140 valence electrons. The second-order valence-corrected chi connectivity index (χ2v) is 6.24. The largest absolute Gasteiger partial charge is 0.493 e. The summed E-state index contributed by atoms with van der Waals surface area (Å²) in [5.74, 6) is 1.22. The highest BCUT2D eigenvalue weighted by Crippen LogP contribution is 2.28. The fourth-order valence-corrected chi connectivity index (χ4v) is 2.85. The van der Waals surface area contributed by atoms with Gasteiger partial charge >= 0.3 is 0 Å². The second kappa shape index (κ2) is 9.82. The molecule has 0 aliphatic carbocycles. The lowest BCUT2D eigenvalue weighted by atomic mass is 10.0. The van der Waals surface area contributed by atoms with Gasteiger partial charge in [-0.25, -0.2) is 0 Å². The first-order valence-corrected chi connectivity index (χ1v) is 8.93. The molecule has 0 aromatic heterocycles. The van der Waals surface area contributed by atoms with E-state index in [0.717, 1.165) is 17.5 Å². The summed E-state index contributed by atoms with van der Waals surface area (Å²) in [5, 5.41) is 3.12. The summed E-state index contributed by atoms with van der Waals surface area (Å²) in [6.07, 6.45) is 1.13. The average molecular weight is 356 g/mol. The van der Waals surface area contributed by atoms with Gasteiger partial charge in [0.25, 0.3) is 0 Å². The molecule has 0 fully saturated rings. The summed E-state index contributed by atoms with van der Waals surface area (Å²) >= 11 is 0. The van der Waals surface area contributed by atoms with Crippen LogP contribution in [0, 0.1) is 6.92 Å². The smallest absolute Gasteiger partial charge is 0.224 e. The van der Waals surface area contributed by atoms with Gasteiger partial charge in [0.1, 0.15) is 6.61 Å². The van der Waals surface area contributed by atoms with Crippen LogP contribution in [0.15, 0.2) is 42.5 Å². The minimum absolute atomic E-state index is 0.0106. The Kier molecular flexibility index (Phi) is 7.48. The van der Waals surface area contributed by atoms with Gasteiger partial charge in [0.05, 0.1) is 19.6 Å². The van der Waals surface area contributed by atoms with Crippen LogP contribution in [0.4, 0.5) is 0 Å². The Balaban J connectivity index is 2.04. The number of amides is 1. The number of hydrogen-bond acceptors (Lipinski definition) is 4. The van der Waals surface area contributed by atoms with Gasteiger partial charge in [-0.15, -0.1) is 0 Å². The highest BCUT2D eigenvalue weighted by molar-refractivity contribution is 5.79. The van der Waals surface area contributed by atoms with Crippen LogP contribution in [-0.2, 0) is 11.2 Å². The van der Waals surface area contributed by atoms with Crippen LogP contribution in [0.3, 0.4) is 0 Å². The van der Waals surface area contributed by atoms with Gasteiger partial charge in [-0.3, -0.25) is 4.79 Å². The maximum atomic E-state index is 12.5. The molecule has 2 rings (SSSR count). The van der Waals surface area contributed by atoms with Crippen molar-refractivity contribution in [3.05, 3.63) is 59.2 Å². The van der Waals surface area contributed by atoms with E-state index in [4.69, 9.17) is 15.2 Å². The number of rotatable bonds is 9. The number of aryl methyl sites for hydroxylation is 1. The third kappa shape index (κ3) is 5.49. The third-order valence-corrected chi connectivity index (χ3v) is 4.16. The number of carbonyl (C=O) groups excluding carboxylic acids is 1. The normalized spacial score (nSPS) is 11.7. The molecule has 3 N–H and O–H groups in total. The van der Waals surface area contributed by atoms with Crippen molar-refractivity contribution in [1.82, 2.24) is 5.32 Å². The molecule has 0 aliphatic heterocycles. The Morgan fingerprint density at radius 3 is 2.65 bits per heavy atom. The number of ether oxygens (including phenoxy) is 2. The molecule has 0 radical (unpaired) electrons. The Morgan fingerprint density at radius 1 is 1.19 bits per heavy atom. The quantitative estimate of drug-likeness (QED) is 0.724. The molecule has 2 aromatic carbocycles. The Bertz CT molecular complexity index is 731. The first kappa shape index (κ1) is 19.8. The van der Waals surface area contributed by atoms with E-state index in [2.05, 4.69) is 31.3 Å². The second-order valence-electron chi connectivity index (χ2n) is 6.24. The van der Waals surface area contributed by atoms with Crippen molar-refractivity contribution in [2.24, 2.45) is 5.73 Å². The third-order valence-electron chi connectivity index (χ3n) is 4.16. The highest BCUT2D eigenvalue weighted by atomic mass is 16.5. The van der Waals surface area contributed by atoms with Crippen molar-refractivity contribution < 1.29 is 14.3 Å². The number of nitrogens with two attached hydrogens (primary N) is 1. The SMILES string of the molecule is CCC(NC(=O)Cc1ccc(OCCN)c(OC)c1)c1cccc(C)c1. The lowest BCUT2D eigenvalue weighted by molar-refractivity contribution is -0.121. The molecule has 0 aliphatic rings. The molecule has 0 saturated heterocycles. The molecule has 2 aromatic rings. The lowest BCUT2D eigenvalue weighted by Gasteiger charge is -2.18. The van der Waals surface area contributed by atoms with Crippen molar-refractivity contribution in [3.8, 4) is 11.5 Å². The van der Waals surface area contributed by atoms with E-state index in [-0.39, 0.29) is 18.4 Å². The number of carbonyl (C=O) groups is 1. The maximum absolute atomic E-state index is 12.5. The van der Waals surface area contributed by atoms with Gasteiger partial charge in [-0.05, 0) is 36.6 Å². The summed E-state index contributed by atoms with van der Waals surface area (Å²) in [6.45, 7) is 4.98. The summed E-state index contributed by atoms with van der Waals surface area (Å²) in [5.41, 5.74) is 8.65. The molecular formula is C21H28N2O3. The summed E-state index contributed by atoms with van der Waals surface area (Å²) in [7, 11) is 1.58. The van der Waals surface area contributed by atoms with Crippen LogP contribution < -0.4 is 20.5 Å².